The number of para-hydroxylation sites is 4. The molecule has 2 aliphatic rings. The summed E-state index contributed by atoms with van der Waals surface area (Å²) in [5.41, 5.74) is 7.40. The van der Waals surface area contributed by atoms with Crippen molar-refractivity contribution in [2.75, 3.05) is 0 Å². The average Bonchev–Trinajstić information content (AvgIpc) is 4.01. The molecule has 6 heterocycles. The molecule has 0 atom stereocenters. The van der Waals surface area contributed by atoms with Gasteiger partial charge in [-0.25, -0.2) is 8.42 Å². The van der Waals surface area contributed by atoms with Crippen LogP contribution in [0.3, 0.4) is 0 Å². The van der Waals surface area contributed by atoms with Gasteiger partial charge in [0.25, 0.3) is 0 Å². The van der Waals surface area contributed by atoms with Crippen LogP contribution in [0.2, 0.25) is 0 Å². The molecule has 4 aromatic carbocycles. The van der Waals surface area contributed by atoms with Crippen LogP contribution in [0.5, 0.6) is 0 Å². The zero-order chi connectivity index (χ0) is 34.0. The molecule has 1 aliphatic heterocycles. The zero-order valence-corrected chi connectivity index (χ0v) is 28.5. The number of aromatic nitrogens is 5. The molecule has 0 radical (unpaired) electrons. The number of hydrogen-bond acceptors (Lipinski definition) is 2. The molecule has 11 rings (SSSR count). The Bertz CT molecular complexity index is 3220. The van der Waals surface area contributed by atoms with Gasteiger partial charge in [-0.05, 0) is 61.5 Å². The Hall–Kier alpha value is -6.25. The Kier molecular flexibility index (Phi) is 5.69. The summed E-state index contributed by atoms with van der Waals surface area (Å²) in [6, 6.07) is 38.3. The molecule has 51 heavy (non-hydrogen) atoms. The molecule has 7 nitrogen and oxygen atoms in total. The van der Waals surface area contributed by atoms with E-state index in [0.717, 1.165) is 62.1 Å². The Morgan fingerprint density at radius 2 is 1.02 bits per heavy atom. The summed E-state index contributed by atoms with van der Waals surface area (Å²) in [6.07, 6.45) is 10.8. The molecule has 0 bridgehead atoms. The van der Waals surface area contributed by atoms with E-state index in [0.29, 0.717) is 6.54 Å². The van der Waals surface area contributed by atoms with Crippen LogP contribution in [-0.4, -0.2) is 31.3 Å². The summed E-state index contributed by atoms with van der Waals surface area (Å²) in [4.78, 5) is 0. The van der Waals surface area contributed by atoms with Gasteiger partial charge >= 0.3 is 0 Å². The second-order valence-corrected chi connectivity index (χ2v) is 15.1. The fourth-order valence-electron chi connectivity index (χ4n) is 8.73. The Morgan fingerprint density at radius 1 is 0.549 bits per heavy atom. The third-order valence-corrected chi connectivity index (χ3v) is 12.1. The van der Waals surface area contributed by atoms with Crippen molar-refractivity contribution in [2.45, 2.75) is 19.9 Å². The van der Waals surface area contributed by atoms with Crippen LogP contribution in [0.4, 0.5) is 0 Å². The number of hydrogen-bond donors (Lipinski definition) is 0. The number of fused-ring (bicyclic) bond motifs is 10. The maximum absolute atomic E-state index is 13.6. The Balaban J connectivity index is 1.29. The SMILES string of the molecule is CCn1c(-n2c3ccccc3c3c4ccccc4n(C4=CC=CC4)c32)ccc1-n1c2ccccc2c2c3ccccc3n(C3=CC=CS3(=O)=O)c21. The molecule has 246 valence electrons. The van der Waals surface area contributed by atoms with Gasteiger partial charge in [0, 0.05) is 56.4 Å². The normalized spacial score (nSPS) is 15.5. The van der Waals surface area contributed by atoms with Gasteiger partial charge in [0.05, 0.1) is 22.1 Å². The first-order valence-electron chi connectivity index (χ1n) is 17.3. The predicted molar refractivity (Wildman–Crippen MR) is 210 cm³/mol. The molecule has 8 heteroatoms. The summed E-state index contributed by atoms with van der Waals surface area (Å²) in [5, 5.41) is 8.34. The number of nitrogens with zero attached hydrogens (tertiary/aromatic N) is 5. The van der Waals surface area contributed by atoms with E-state index in [9.17, 15) is 8.42 Å². The van der Waals surface area contributed by atoms with Crippen molar-refractivity contribution in [3.8, 4) is 11.6 Å². The lowest BCUT2D eigenvalue weighted by Gasteiger charge is -2.18. The molecule has 0 amide bonds. The highest BCUT2D eigenvalue weighted by atomic mass is 32.2. The first kappa shape index (κ1) is 28.6. The van der Waals surface area contributed by atoms with E-state index in [1.54, 1.807) is 12.2 Å². The highest BCUT2D eigenvalue weighted by Gasteiger charge is 2.30. The molecule has 0 N–H and O–H groups in total. The first-order valence-corrected chi connectivity index (χ1v) is 18.9. The lowest BCUT2D eigenvalue weighted by atomic mass is 10.1. The van der Waals surface area contributed by atoms with E-state index < -0.39 is 9.84 Å². The van der Waals surface area contributed by atoms with Gasteiger partial charge < -0.3 is 4.57 Å². The second-order valence-electron chi connectivity index (χ2n) is 13.3. The number of sulfone groups is 1. The molecule has 0 saturated carbocycles. The quantitative estimate of drug-likeness (QED) is 0.182. The van der Waals surface area contributed by atoms with Crippen molar-refractivity contribution < 1.29 is 8.42 Å². The van der Waals surface area contributed by atoms with Gasteiger partial charge in [0.2, 0.25) is 9.84 Å². The Labute approximate surface area is 293 Å². The number of benzene rings is 4. The molecule has 1 aliphatic carbocycles. The highest BCUT2D eigenvalue weighted by molar-refractivity contribution is 8.03. The van der Waals surface area contributed by atoms with Gasteiger partial charge in [-0.2, -0.15) is 0 Å². The van der Waals surface area contributed by atoms with E-state index in [2.05, 4.69) is 134 Å². The van der Waals surface area contributed by atoms with Crippen LogP contribution in [-0.2, 0) is 16.4 Å². The lowest BCUT2D eigenvalue weighted by Crippen LogP contribution is -2.13. The summed E-state index contributed by atoms with van der Waals surface area (Å²) in [7, 11) is -3.64. The molecular weight excluding hydrogens is 651 g/mol. The lowest BCUT2D eigenvalue weighted by molar-refractivity contribution is 0.612. The third kappa shape index (κ3) is 3.64. The van der Waals surface area contributed by atoms with Crippen molar-refractivity contribution in [3.05, 3.63) is 145 Å². The van der Waals surface area contributed by atoms with E-state index >= 15 is 0 Å². The average molecular weight is 682 g/mol. The fraction of sp³-hybridized carbons (Fsp3) is 0.0698. The van der Waals surface area contributed by atoms with Crippen LogP contribution in [0.1, 0.15) is 13.3 Å². The predicted octanol–water partition coefficient (Wildman–Crippen LogP) is 10.2. The molecule has 0 saturated heterocycles. The maximum atomic E-state index is 13.6. The molecule has 0 spiro atoms. The fourth-order valence-corrected chi connectivity index (χ4v) is 9.86. The van der Waals surface area contributed by atoms with Crippen LogP contribution in [0, 0.1) is 0 Å². The minimum atomic E-state index is -3.64. The minimum Gasteiger partial charge on any atom is -0.313 e. The van der Waals surface area contributed by atoms with Crippen molar-refractivity contribution in [3.63, 3.8) is 0 Å². The van der Waals surface area contributed by atoms with E-state index in [1.807, 2.05) is 22.8 Å². The number of allylic oxidation sites excluding steroid dienone is 6. The minimum absolute atomic E-state index is 0.258. The van der Waals surface area contributed by atoms with Crippen LogP contribution < -0.4 is 0 Å². The largest absolute Gasteiger partial charge is 0.313 e. The summed E-state index contributed by atoms with van der Waals surface area (Å²) in [6.45, 7) is 2.87. The summed E-state index contributed by atoms with van der Waals surface area (Å²) < 4.78 is 38.5. The smallest absolute Gasteiger partial charge is 0.215 e. The third-order valence-electron chi connectivity index (χ3n) is 10.7. The molecular formula is C43H31N5O2S. The maximum Gasteiger partial charge on any atom is 0.215 e. The Morgan fingerprint density at radius 3 is 1.47 bits per heavy atom. The van der Waals surface area contributed by atoms with Crippen molar-refractivity contribution in [1.82, 2.24) is 22.8 Å². The number of rotatable bonds is 5. The highest BCUT2D eigenvalue weighted by Crippen LogP contribution is 2.45. The summed E-state index contributed by atoms with van der Waals surface area (Å²) >= 11 is 0. The monoisotopic (exact) mass is 681 g/mol. The standard InChI is InChI=1S/C43H31N5O2S/c1-2-44-37(46-34-21-10-6-17-30(34)40-29-16-5-9-20-33(29)45(42(40)46)28-14-3-4-15-28)25-26-38(44)47-35-22-11-7-18-31(35)41-32-19-8-12-23-36(32)48(43(41)47)39-24-13-27-51(39,49)50/h3-14,16-27H,2,15H2,1H3. The van der Waals surface area contributed by atoms with E-state index in [1.165, 1.54) is 32.8 Å². The van der Waals surface area contributed by atoms with Crippen LogP contribution >= 0.6 is 0 Å². The topological polar surface area (TPSA) is 58.8 Å². The van der Waals surface area contributed by atoms with E-state index in [4.69, 9.17) is 0 Å². The van der Waals surface area contributed by atoms with Crippen LogP contribution in [0.25, 0.3) is 88.0 Å². The second kappa shape index (κ2) is 10.2. The summed E-state index contributed by atoms with van der Waals surface area (Å²) in [5.74, 6) is 2.00. The molecule has 0 fully saturated rings. The van der Waals surface area contributed by atoms with Gasteiger partial charge in [-0.15, -0.1) is 0 Å². The molecule has 5 aromatic heterocycles. The first-order chi connectivity index (χ1) is 25.1. The van der Waals surface area contributed by atoms with Gasteiger partial charge in [0.1, 0.15) is 28.0 Å². The van der Waals surface area contributed by atoms with Crippen LogP contribution in [0.15, 0.2) is 145 Å². The zero-order valence-electron chi connectivity index (χ0n) is 27.7. The molecule has 0 unspecified atom stereocenters. The van der Waals surface area contributed by atoms with Crippen molar-refractivity contribution in [1.29, 1.82) is 0 Å². The van der Waals surface area contributed by atoms with Gasteiger partial charge in [0.15, 0.2) is 0 Å². The van der Waals surface area contributed by atoms with E-state index in [-0.39, 0.29) is 5.03 Å². The van der Waals surface area contributed by atoms with Gasteiger partial charge in [-0.1, -0.05) is 84.9 Å². The molecule has 9 aromatic rings. The van der Waals surface area contributed by atoms with Crippen molar-refractivity contribution >= 4 is 86.2 Å². The van der Waals surface area contributed by atoms with Crippen molar-refractivity contribution in [2.24, 2.45) is 0 Å². The van der Waals surface area contributed by atoms with Gasteiger partial charge in [-0.3, -0.25) is 18.3 Å².